The molecule has 0 bridgehead atoms. The summed E-state index contributed by atoms with van der Waals surface area (Å²) in [6, 6.07) is 9.58. The molecule has 0 atom stereocenters. The molecule has 1 aliphatic heterocycles. The third-order valence-electron chi connectivity index (χ3n) is 4.01. The fourth-order valence-corrected chi connectivity index (χ4v) is 3.32. The van der Waals surface area contributed by atoms with E-state index in [-0.39, 0.29) is 5.91 Å². The zero-order valence-corrected chi connectivity index (χ0v) is 14.6. The fraction of sp³-hybridized carbons (Fsp3) is 0.353. The standard InChI is InChI=1S/C17H19BrN2O3/c1-22-15-5-4-13(11-14(15)18)12-19-6-8-20(9-7-19)17(21)16-3-2-10-23-16/h2-5,10-11H,6-9,12H2,1H3. The maximum absolute atomic E-state index is 12.2. The number of ether oxygens (including phenoxy) is 1. The van der Waals surface area contributed by atoms with Gasteiger partial charge in [0.05, 0.1) is 17.8 Å². The first-order chi connectivity index (χ1) is 11.2. The van der Waals surface area contributed by atoms with Crippen LogP contribution in [-0.2, 0) is 6.54 Å². The molecular weight excluding hydrogens is 360 g/mol. The van der Waals surface area contributed by atoms with Crippen LogP contribution in [0, 0.1) is 0 Å². The van der Waals surface area contributed by atoms with Crippen molar-refractivity contribution in [2.24, 2.45) is 0 Å². The molecule has 1 aromatic carbocycles. The van der Waals surface area contributed by atoms with Gasteiger partial charge >= 0.3 is 0 Å². The molecule has 1 aromatic heterocycles. The van der Waals surface area contributed by atoms with E-state index in [1.807, 2.05) is 11.0 Å². The summed E-state index contributed by atoms with van der Waals surface area (Å²) in [5.74, 6) is 1.22. The Hall–Kier alpha value is -1.79. The average molecular weight is 379 g/mol. The number of hydrogen-bond acceptors (Lipinski definition) is 4. The predicted molar refractivity (Wildman–Crippen MR) is 90.6 cm³/mol. The molecule has 0 radical (unpaired) electrons. The maximum atomic E-state index is 12.2. The van der Waals surface area contributed by atoms with Gasteiger partial charge in [0, 0.05) is 32.7 Å². The Kier molecular flexibility index (Phi) is 5.03. The van der Waals surface area contributed by atoms with Crippen LogP contribution in [0.25, 0.3) is 0 Å². The molecule has 1 amide bonds. The van der Waals surface area contributed by atoms with Crippen LogP contribution < -0.4 is 4.74 Å². The number of piperazine rings is 1. The van der Waals surface area contributed by atoms with Crippen LogP contribution in [0.15, 0.2) is 45.5 Å². The number of benzene rings is 1. The van der Waals surface area contributed by atoms with Gasteiger partial charge in [0.1, 0.15) is 5.75 Å². The van der Waals surface area contributed by atoms with E-state index in [1.54, 1.807) is 19.2 Å². The molecule has 3 rings (SSSR count). The Morgan fingerprint density at radius 2 is 2.04 bits per heavy atom. The van der Waals surface area contributed by atoms with Crippen molar-refractivity contribution in [3.05, 3.63) is 52.4 Å². The van der Waals surface area contributed by atoms with Crippen molar-refractivity contribution in [1.29, 1.82) is 0 Å². The van der Waals surface area contributed by atoms with Gasteiger partial charge in [-0.1, -0.05) is 6.07 Å². The largest absolute Gasteiger partial charge is 0.496 e. The maximum Gasteiger partial charge on any atom is 0.289 e. The number of carbonyl (C=O) groups is 1. The summed E-state index contributed by atoms with van der Waals surface area (Å²) >= 11 is 3.52. The lowest BCUT2D eigenvalue weighted by Crippen LogP contribution is -2.48. The van der Waals surface area contributed by atoms with E-state index in [0.717, 1.165) is 42.9 Å². The second kappa shape index (κ2) is 7.19. The first kappa shape index (κ1) is 16.1. The highest BCUT2D eigenvalue weighted by Gasteiger charge is 2.23. The summed E-state index contributed by atoms with van der Waals surface area (Å²) in [6.07, 6.45) is 1.53. The Morgan fingerprint density at radius 3 is 2.65 bits per heavy atom. The Balaban J connectivity index is 1.55. The second-order valence-corrected chi connectivity index (χ2v) is 6.37. The topological polar surface area (TPSA) is 45.9 Å². The number of rotatable bonds is 4. The molecule has 2 aromatic rings. The van der Waals surface area contributed by atoms with Gasteiger partial charge in [0.15, 0.2) is 5.76 Å². The minimum absolute atomic E-state index is 0.0261. The lowest BCUT2D eigenvalue weighted by Gasteiger charge is -2.34. The van der Waals surface area contributed by atoms with Gasteiger partial charge < -0.3 is 14.1 Å². The van der Waals surface area contributed by atoms with Crippen LogP contribution in [0.5, 0.6) is 5.75 Å². The average Bonchev–Trinajstić information content (AvgIpc) is 3.09. The molecule has 23 heavy (non-hydrogen) atoms. The Labute approximate surface area is 143 Å². The predicted octanol–water partition coefficient (Wildman–Crippen LogP) is 3.01. The van der Waals surface area contributed by atoms with Gasteiger partial charge in [-0.05, 0) is 45.8 Å². The summed E-state index contributed by atoms with van der Waals surface area (Å²) in [4.78, 5) is 16.4. The highest BCUT2D eigenvalue weighted by Crippen LogP contribution is 2.26. The number of halogens is 1. The molecule has 5 nitrogen and oxygen atoms in total. The summed E-state index contributed by atoms with van der Waals surface area (Å²) in [5, 5.41) is 0. The Morgan fingerprint density at radius 1 is 1.26 bits per heavy atom. The van der Waals surface area contributed by atoms with Crippen LogP contribution in [0.2, 0.25) is 0 Å². The van der Waals surface area contributed by atoms with Gasteiger partial charge in [-0.25, -0.2) is 0 Å². The molecule has 1 aliphatic rings. The molecule has 1 fully saturated rings. The summed E-state index contributed by atoms with van der Waals surface area (Å²) in [5.41, 5.74) is 1.23. The number of carbonyl (C=O) groups excluding carboxylic acids is 1. The lowest BCUT2D eigenvalue weighted by atomic mass is 10.2. The van der Waals surface area contributed by atoms with E-state index >= 15 is 0 Å². The summed E-state index contributed by atoms with van der Waals surface area (Å²) < 4.78 is 11.4. The van der Waals surface area contributed by atoms with Gasteiger partial charge in [-0.15, -0.1) is 0 Å². The minimum Gasteiger partial charge on any atom is -0.496 e. The van der Waals surface area contributed by atoms with E-state index < -0.39 is 0 Å². The minimum atomic E-state index is -0.0261. The first-order valence-electron chi connectivity index (χ1n) is 7.55. The molecule has 122 valence electrons. The highest BCUT2D eigenvalue weighted by molar-refractivity contribution is 9.10. The van der Waals surface area contributed by atoms with Crippen LogP contribution in [0.4, 0.5) is 0 Å². The van der Waals surface area contributed by atoms with Gasteiger partial charge in [-0.2, -0.15) is 0 Å². The van der Waals surface area contributed by atoms with Gasteiger partial charge in [-0.3, -0.25) is 9.69 Å². The SMILES string of the molecule is COc1ccc(CN2CCN(C(=O)c3ccco3)CC2)cc1Br. The van der Waals surface area contributed by atoms with Crippen molar-refractivity contribution in [2.75, 3.05) is 33.3 Å². The van der Waals surface area contributed by atoms with Crippen molar-refractivity contribution < 1.29 is 13.9 Å². The number of amides is 1. The highest BCUT2D eigenvalue weighted by atomic mass is 79.9. The van der Waals surface area contributed by atoms with Crippen LogP contribution >= 0.6 is 15.9 Å². The fourth-order valence-electron chi connectivity index (χ4n) is 2.73. The molecule has 6 heteroatoms. The third-order valence-corrected chi connectivity index (χ3v) is 4.63. The van der Waals surface area contributed by atoms with Crippen molar-refractivity contribution in [2.45, 2.75) is 6.54 Å². The number of hydrogen-bond donors (Lipinski definition) is 0. The van der Waals surface area contributed by atoms with Crippen LogP contribution in [-0.4, -0.2) is 49.0 Å². The molecule has 2 heterocycles. The number of furan rings is 1. The molecule has 1 saturated heterocycles. The molecule has 0 spiro atoms. The number of methoxy groups -OCH3 is 1. The van der Waals surface area contributed by atoms with E-state index in [0.29, 0.717) is 5.76 Å². The van der Waals surface area contributed by atoms with E-state index in [9.17, 15) is 4.79 Å². The van der Waals surface area contributed by atoms with Crippen molar-refractivity contribution >= 4 is 21.8 Å². The van der Waals surface area contributed by atoms with E-state index in [2.05, 4.69) is 33.0 Å². The third kappa shape index (κ3) is 3.76. The van der Waals surface area contributed by atoms with Crippen molar-refractivity contribution in [1.82, 2.24) is 9.80 Å². The van der Waals surface area contributed by atoms with E-state index in [1.165, 1.54) is 11.8 Å². The lowest BCUT2D eigenvalue weighted by molar-refractivity contribution is 0.0598. The normalized spacial score (nSPS) is 15.7. The zero-order valence-electron chi connectivity index (χ0n) is 13.0. The monoisotopic (exact) mass is 378 g/mol. The van der Waals surface area contributed by atoms with Crippen molar-refractivity contribution in [3.8, 4) is 5.75 Å². The smallest absolute Gasteiger partial charge is 0.289 e. The van der Waals surface area contributed by atoms with Crippen LogP contribution in [0.3, 0.4) is 0 Å². The van der Waals surface area contributed by atoms with Gasteiger partial charge in [0.25, 0.3) is 5.91 Å². The van der Waals surface area contributed by atoms with Crippen LogP contribution in [0.1, 0.15) is 16.1 Å². The summed E-state index contributed by atoms with van der Waals surface area (Å²) in [6.45, 7) is 4.02. The van der Waals surface area contributed by atoms with E-state index in [4.69, 9.17) is 9.15 Å². The zero-order chi connectivity index (χ0) is 16.2. The number of nitrogens with zero attached hydrogens (tertiary/aromatic N) is 2. The molecule has 0 N–H and O–H groups in total. The van der Waals surface area contributed by atoms with Crippen molar-refractivity contribution in [3.63, 3.8) is 0 Å². The quantitative estimate of drug-likeness (QED) is 0.820. The molecule has 0 unspecified atom stereocenters. The summed E-state index contributed by atoms with van der Waals surface area (Å²) in [7, 11) is 1.66. The molecule has 0 saturated carbocycles. The molecular formula is C17H19BrN2O3. The van der Waals surface area contributed by atoms with Gasteiger partial charge in [0.2, 0.25) is 0 Å². The first-order valence-corrected chi connectivity index (χ1v) is 8.34. The molecule has 0 aliphatic carbocycles. The Bertz CT molecular complexity index is 664. The second-order valence-electron chi connectivity index (χ2n) is 5.51.